The Morgan fingerprint density at radius 1 is 1.21 bits per heavy atom. The Bertz CT molecular complexity index is 992. The van der Waals surface area contributed by atoms with Gasteiger partial charge in [-0.25, -0.2) is 4.79 Å². The number of benzene rings is 1. The Kier molecular flexibility index (Phi) is 8.97. The van der Waals surface area contributed by atoms with Crippen LogP contribution in [0.5, 0.6) is 0 Å². The van der Waals surface area contributed by atoms with Crippen molar-refractivity contribution < 1.29 is 28.6 Å². The summed E-state index contributed by atoms with van der Waals surface area (Å²) in [5.41, 5.74) is 1.24. The molecule has 34 heavy (non-hydrogen) atoms. The second-order valence-corrected chi connectivity index (χ2v) is 10.0. The molecule has 3 atom stereocenters. The molecule has 0 aliphatic carbocycles. The molecule has 1 fully saturated rings. The van der Waals surface area contributed by atoms with Gasteiger partial charge in [0.05, 0.1) is 12.1 Å². The van der Waals surface area contributed by atoms with E-state index in [1.807, 2.05) is 25.1 Å². The molecule has 2 heterocycles. The van der Waals surface area contributed by atoms with Crippen LogP contribution in [0.4, 0.5) is 8.78 Å². The van der Waals surface area contributed by atoms with Crippen LogP contribution in [0.15, 0.2) is 54.6 Å². The van der Waals surface area contributed by atoms with Crippen LogP contribution in [0.25, 0.3) is 0 Å². The minimum atomic E-state index is -3.42. The van der Waals surface area contributed by atoms with Crippen LogP contribution < -0.4 is 0 Å². The van der Waals surface area contributed by atoms with Gasteiger partial charge in [-0.3, -0.25) is 4.79 Å². The molecule has 1 aliphatic rings. The number of carbonyl (C=O) groups is 2. The van der Waals surface area contributed by atoms with Crippen molar-refractivity contribution in [3.05, 3.63) is 69.9 Å². The highest BCUT2D eigenvalue weighted by molar-refractivity contribution is 7.13. The summed E-state index contributed by atoms with van der Waals surface area (Å²) < 4.78 is 28.3. The minimum absolute atomic E-state index is 0.0340. The van der Waals surface area contributed by atoms with E-state index in [9.17, 15) is 23.5 Å². The Morgan fingerprint density at radius 3 is 2.62 bits per heavy atom. The molecule has 0 radical (unpaired) electrons. The summed E-state index contributed by atoms with van der Waals surface area (Å²) in [5.74, 6) is -5.64. The van der Waals surface area contributed by atoms with E-state index >= 15 is 0 Å². The molecule has 0 bridgehead atoms. The lowest BCUT2D eigenvalue weighted by Gasteiger charge is -2.22. The number of nitrogens with zero attached hydrogens (tertiary/aromatic N) is 1. The number of carboxylic acids is 1. The number of likely N-dealkylation sites (tertiary alicyclic amines) is 1. The standard InChI is InChI=1S/C26H31F2NO4S/c1-18(7-5-10-19-8-3-2-4-9-19)22(30)14-12-20-17-26(27,28)25(33)29(20)16-6-11-21-13-15-23(34-21)24(31)32/h2-4,8-9,12-15,18,20,22,30H,5-7,10-11,16-17H2,1H3,(H,31,32)/b14-12+/t18?,20-,22?/m0/s1. The summed E-state index contributed by atoms with van der Waals surface area (Å²) in [5, 5.41) is 19.5. The second kappa shape index (κ2) is 11.7. The van der Waals surface area contributed by atoms with Gasteiger partial charge in [0, 0.05) is 17.8 Å². The van der Waals surface area contributed by atoms with Crippen molar-refractivity contribution >= 4 is 23.2 Å². The molecule has 2 unspecified atom stereocenters. The van der Waals surface area contributed by atoms with E-state index < -0.39 is 36.4 Å². The molecule has 184 valence electrons. The zero-order chi connectivity index (χ0) is 24.7. The lowest BCUT2D eigenvalue weighted by Crippen LogP contribution is -2.36. The number of carbonyl (C=O) groups excluding carboxylic acids is 1. The number of halogens is 2. The van der Waals surface area contributed by atoms with E-state index in [2.05, 4.69) is 12.1 Å². The maximum Gasteiger partial charge on any atom is 0.345 e. The van der Waals surface area contributed by atoms with Crippen LogP contribution >= 0.6 is 11.3 Å². The average Bonchev–Trinajstić information content (AvgIpc) is 3.36. The van der Waals surface area contributed by atoms with E-state index in [0.29, 0.717) is 12.8 Å². The number of alkyl halides is 2. The van der Waals surface area contributed by atoms with Crippen LogP contribution in [0.3, 0.4) is 0 Å². The van der Waals surface area contributed by atoms with E-state index in [4.69, 9.17) is 5.11 Å². The van der Waals surface area contributed by atoms with Gasteiger partial charge in [-0.1, -0.05) is 49.4 Å². The third-order valence-electron chi connectivity index (χ3n) is 6.22. The van der Waals surface area contributed by atoms with Crippen LogP contribution in [-0.2, 0) is 17.6 Å². The van der Waals surface area contributed by atoms with Crippen molar-refractivity contribution in [1.29, 1.82) is 0 Å². The van der Waals surface area contributed by atoms with Crippen LogP contribution in [0.1, 0.15) is 52.7 Å². The molecular formula is C26H31F2NO4S. The van der Waals surface area contributed by atoms with E-state index in [-0.39, 0.29) is 17.3 Å². The molecule has 1 saturated heterocycles. The number of rotatable bonds is 12. The molecule has 1 aromatic heterocycles. The van der Waals surface area contributed by atoms with Gasteiger partial charge in [0.1, 0.15) is 4.88 Å². The predicted molar refractivity (Wildman–Crippen MR) is 128 cm³/mol. The highest BCUT2D eigenvalue weighted by Crippen LogP contribution is 2.34. The van der Waals surface area contributed by atoms with Gasteiger partial charge in [0.25, 0.3) is 5.91 Å². The lowest BCUT2D eigenvalue weighted by atomic mass is 9.95. The van der Waals surface area contributed by atoms with Crippen molar-refractivity contribution in [3.63, 3.8) is 0 Å². The highest BCUT2D eigenvalue weighted by Gasteiger charge is 2.52. The Morgan fingerprint density at radius 2 is 1.94 bits per heavy atom. The smallest absolute Gasteiger partial charge is 0.345 e. The van der Waals surface area contributed by atoms with Gasteiger partial charge in [-0.15, -0.1) is 11.3 Å². The molecule has 1 aromatic carbocycles. The number of aliphatic hydroxyl groups excluding tert-OH is 1. The number of aliphatic hydroxyl groups is 1. The summed E-state index contributed by atoms with van der Waals surface area (Å²) in [7, 11) is 0. The fraction of sp³-hybridized carbons (Fsp3) is 0.462. The first-order valence-electron chi connectivity index (χ1n) is 11.6. The first-order valence-corrected chi connectivity index (χ1v) is 12.4. The predicted octanol–water partition coefficient (Wildman–Crippen LogP) is 5.19. The molecule has 1 amide bonds. The maximum absolute atomic E-state index is 14.1. The quantitative estimate of drug-likeness (QED) is 0.401. The fourth-order valence-corrected chi connectivity index (χ4v) is 5.07. The van der Waals surface area contributed by atoms with Crippen molar-refractivity contribution in [1.82, 2.24) is 4.90 Å². The third kappa shape index (κ3) is 6.96. The summed E-state index contributed by atoms with van der Waals surface area (Å²) in [6.07, 6.45) is 5.27. The molecule has 2 aromatic rings. The summed E-state index contributed by atoms with van der Waals surface area (Å²) in [6.45, 7) is 2.07. The zero-order valence-corrected chi connectivity index (χ0v) is 20.0. The van der Waals surface area contributed by atoms with Crippen LogP contribution in [-0.4, -0.2) is 51.6 Å². The van der Waals surface area contributed by atoms with E-state index in [1.165, 1.54) is 28.7 Å². The minimum Gasteiger partial charge on any atom is -0.477 e. The first kappa shape index (κ1) is 26.0. The number of aryl methyl sites for hydroxylation is 2. The van der Waals surface area contributed by atoms with Gasteiger partial charge in [0.2, 0.25) is 0 Å². The summed E-state index contributed by atoms with van der Waals surface area (Å²) in [6, 6.07) is 12.5. The number of hydrogen-bond donors (Lipinski definition) is 2. The topological polar surface area (TPSA) is 77.8 Å². The van der Waals surface area contributed by atoms with Gasteiger partial charge < -0.3 is 15.1 Å². The van der Waals surface area contributed by atoms with Gasteiger partial charge in [0.15, 0.2) is 0 Å². The number of hydrogen-bond acceptors (Lipinski definition) is 4. The first-order chi connectivity index (χ1) is 16.2. The van der Waals surface area contributed by atoms with Gasteiger partial charge >= 0.3 is 11.9 Å². The van der Waals surface area contributed by atoms with Crippen LogP contribution in [0.2, 0.25) is 0 Å². The Balaban J connectivity index is 1.51. The van der Waals surface area contributed by atoms with Crippen LogP contribution in [0, 0.1) is 5.92 Å². The number of carboxylic acid groups (broad SMARTS) is 1. The summed E-state index contributed by atoms with van der Waals surface area (Å²) in [4.78, 5) is 25.5. The van der Waals surface area contributed by atoms with E-state index in [0.717, 1.165) is 35.5 Å². The third-order valence-corrected chi connectivity index (χ3v) is 7.35. The van der Waals surface area contributed by atoms with Crippen molar-refractivity contribution in [3.8, 4) is 0 Å². The lowest BCUT2D eigenvalue weighted by molar-refractivity contribution is -0.148. The average molecular weight is 492 g/mol. The Labute approximate surface area is 202 Å². The van der Waals surface area contributed by atoms with Crippen molar-refractivity contribution in [2.24, 2.45) is 5.92 Å². The molecule has 8 heteroatoms. The summed E-state index contributed by atoms with van der Waals surface area (Å²) >= 11 is 1.15. The van der Waals surface area contributed by atoms with Gasteiger partial charge in [-0.2, -0.15) is 8.78 Å². The highest BCUT2D eigenvalue weighted by atomic mass is 32.1. The molecule has 2 N–H and O–H groups in total. The molecule has 5 nitrogen and oxygen atoms in total. The molecule has 0 saturated carbocycles. The molecule has 0 spiro atoms. The maximum atomic E-state index is 14.1. The largest absolute Gasteiger partial charge is 0.477 e. The second-order valence-electron chi connectivity index (χ2n) is 8.88. The van der Waals surface area contributed by atoms with Crippen molar-refractivity contribution in [2.75, 3.05) is 6.54 Å². The number of amides is 1. The van der Waals surface area contributed by atoms with E-state index in [1.54, 1.807) is 6.07 Å². The monoisotopic (exact) mass is 491 g/mol. The van der Waals surface area contributed by atoms with Gasteiger partial charge in [-0.05, 0) is 55.7 Å². The normalized spacial score (nSPS) is 19.6. The Hall–Kier alpha value is -2.58. The number of aromatic carboxylic acids is 1. The zero-order valence-electron chi connectivity index (χ0n) is 19.2. The molecule has 3 rings (SSSR count). The SMILES string of the molecule is CC(CCCc1ccccc1)C(O)/C=C/[C@H]1CC(F)(F)C(=O)N1CCCc1ccc(C(=O)O)s1. The molecular weight excluding hydrogens is 460 g/mol. The molecule has 1 aliphatic heterocycles. The number of thiophene rings is 1. The fourth-order valence-electron chi connectivity index (χ4n) is 4.19. The van der Waals surface area contributed by atoms with Crippen molar-refractivity contribution in [2.45, 2.75) is 63.5 Å².